The zero-order chi connectivity index (χ0) is 37.3. The summed E-state index contributed by atoms with van der Waals surface area (Å²) < 4.78 is 9.41. The molecule has 4 aliphatic rings. The highest BCUT2D eigenvalue weighted by Crippen LogP contribution is 2.39. The molecule has 4 aliphatic heterocycles. The second-order valence-corrected chi connectivity index (χ2v) is 12.6. The number of imidazole rings is 2. The second kappa shape index (κ2) is 14.1. The van der Waals surface area contributed by atoms with E-state index in [0.717, 1.165) is 55.2 Å². The van der Waals surface area contributed by atoms with E-state index < -0.39 is 18.0 Å². The zero-order valence-electron chi connectivity index (χ0n) is 29.1. The fourth-order valence-corrected chi connectivity index (χ4v) is 6.71. The number of hydrogen-bond donors (Lipinski definition) is 5. The number of amides is 2. The molecule has 6 aromatic rings. The van der Waals surface area contributed by atoms with Crippen LogP contribution < -0.4 is 31.1 Å². The fourth-order valence-electron chi connectivity index (χ4n) is 6.71. The van der Waals surface area contributed by atoms with Crippen molar-refractivity contribution in [3.8, 4) is 0 Å². The van der Waals surface area contributed by atoms with Crippen LogP contribution in [0.3, 0.4) is 0 Å². The number of nitrogens with one attached hydrogen (secondary N) is 4. The largest absolute Gasteiger partial charge is 0.464 e. The Labute approximate surface area is 305 Å². The first-order valence-electron chi connectivity index (χ1n) is 16.9. The number of nitrogen functional groups attached to an aromatic ring is 1. The van der Waals surface area contributed by atoms with Crippen LogP contribution in [0, 0.1) is 0 Å². The van der Waals surface area contributed by atoms with Gasteiger partial charge in [-0.1, -0.05) is 0 Å². The zero-order valence-corrected chi connectivity index (χ0v) is 29.1. The highest BCUT2D eigenvalue weighted by Gasteiger charge is 2.41. The summed E-state index contributed by atoms with van der Waals surface area (Å²) in [7, 11) is 2.66. The van der Waals surface area contributed by atoms with E-state index in [2.05, 4.69) is 75.0 Å². The fraction of sp³-hybridized carbons (Fsp3) is 0.303. The van der Waals surface area contributed by atoms with E-state index in [0.29, 0.717) is 40.9 Å². The van der Waals surface area contributed by atoms with Gasteiger partial charge in [0.25, 0.3) is 0 Å². The summed E-state index contributed by atoms with van der Waals surface area (Å²) in [6, 6.07) is 7.05. The van der Waals surface area contributed by atoms with Gasteiger partial charge in [-0.15, -0.1) is 0 Å². The summed E-state index contributed by atoms with van der Waals surface area (Å²) in [5.41, 5.74) is 10.2. The molecule has 2 amide bonds. The van der Waals surface area contributed by atoms with Crippen molar-refractivity contribution in [2.45, 2.75) is 24.9 Å². The lowest BCUT2D eigenvalue weighted by atomic mass is 10.2. The number of nitrogens with two attached hydrogens (primary N) is 1. The molecule has 6 N–H and O–H groups in total. The molecule has 54 heavy (non-hydrogen) atoms. The Morgan fingerprint density at radius 1 is 0.778 bits per heavy atom. The Hall–Kier alpha value is -7.19. The van der Waals surface area contributed by atoms with E-state index >= 15 is 0 Å². The minimum Gasteiger partial charge on any atom is -0.464 e. The van der Waals surface area contributed by atoms with Crippen molar-refractivity contribution in [3.05, 3.63) is 60.7 Å². The van der Waals surface area contributed by atoms with Gasteiger partial charge in [0.2, 0.25) is 11.9 Å². The monoisotopic (exact) mass is 734 g/mol. The van der Waals surface area contributed by atoms with E-state index in [1.807, 2.05) is 6.07 Å². The molecule has 21 heteroatoms. The molecule has 276 valence electrons. The van der Waals surface area contributed by atoms with Gasteiger partial charge < -0.3 is 40.3 Å². The van der Waals surface area contributed by atoms with E-state index in [4.69, 9.17) is 10.5 Å². The molecule has 0 spiro atoms. The molecule has 10 heterocycles. The molecule has 2 fully saturated rings. The number of hydrogen-bond acceptors (Lipinski definition) is 17. The lowest BCUT2D eigenvalue weighted by molar-refractivity contribution is 0.0585. The van der Waals surface area contributed by atoms with Gasteiger partial charge in [0.15, 0.2) is 34.3 Å². The van der Waals surface area contributed by atoms with Crippen molar-refractivity contribution in [1.82, 2.24) is 49.8 Å². The number of aromatic amines is 2. The maximum absolute atomic E-state index is 13.1. The Morgan fingerprint density at radius 2 is 1.43 bits per heavy atom. The highest BCUT2D eigenvalue weighted by atomic mass is 16.5. The molecular formula is C33H34N16O5. The number of aromatic nitrogens is 10. The summed E-state index contributed by atoms with van der Waals surface area (Å²) in [6.45, 7) is 3.62. The van der Waals surface area contributed by atoms with Crippen molar-refractivity contribution < 1.29 is 23.9 Å². The predicted molar refractivity (Wildman–Crippen MR) is 195 cm³/mol. The van der Waals surface area contributed by atoms with Crippen LogP contribution in [0.4, 0.5) is 39.7 Å². The SMILES string of the molecule is COC(=O)c1ccc2c(n1)N(C(=O)Nc1ncc3[nH]cnc3n1)[C@H]1CCN2C1.COC(=O)c1ccc2c(n1)N[C@H]1CCN2C1.Nc1ncc2[nH]cnc2n1. The average Bonchev–Trinajstić information content (AvgIpc) is 4.02. The van der Waals surface area contributed by atoms with Gasteiger partial charge in [-0.3, -0.25) is 10.2 Å². The summed E-state index contributed by atoms with van der Waals surface area (Å²) in [5, 5.41) is 6.06. The van der Waals surface area contributed by atoms with Crippen LogP contribution in [-0.4, -0.2) is 120 Å². The van der Waals surface area contributed by atoms with Gasteiger partial charge in [-0.25, -0.2) is 44.3 Å². The van der Waals surface area contributed by atoms with Crippen LogP contribution in [-0.2, 0) is 9.47 Å². The number of pyridine rings is 2. The molecule has 2 saturated heterocycles. The number of nitrogens with zero attached hydrogens (tertiary/aromatic N) is 11. The first kappa shape index (κ1) is 33.9. The Morgan fingerprint density at radius 3 is 2.17 bits per heavy atom. The quantitative estimate of drug-likeness (QED) is 0.163. The van der Waals surface area contributed by atoms with Gasteiger partial charge in [-0.2, -0.15) is 9.97 Å². The molecule has 0 aromatic carbocycles. The third-order valence-electron chi connectivity index (χ3n) is 9.29. The lowest BCUT2D eigenvalue weighted by Crippen LogP contribution is -2.48. The van der Waals surface area contributed by atoms with Crippen molar-refractivity contribution in [2.24, 2.45) is 0 Å². The smallest absolute Gasteiger partial charge is 0.356 e. The van der Waals surface area contributed by atoms with Gasteiger partial charge in [-0.05, 0) is 37.1 Å². The molecule has 10 rings (SSSR count). The van der Waals surface area contributed by atoms with E-state index in [1.165, 1.54) is 20.5 Å². The topological polar surface area (TPSA) is 264 Å². The van der Waals surface area contributed by atoms with Crippen LogP contribution in [0.2, 0.25) is 0 Å². The maximum Gasteiger partial charge on any atom is 0.356 e. The van der Waals surface area contributed by atoms with Crippen molar-refractivity contribution in [3.63, 3.8) is 0 Å². The van der Waals surface area contributed by atoms with Crippen LogP contribution >= 0.6 is 0 Å². The summed E-state index contributed by atoms with van der Waals surface area (Å²) >= 11 is 0. The van der Waals surface area contributed by atoms with Crippen LogP contribution in [0.1, 0.15) is 33.8 Å². The van der Waals surface area contributed by atoms with Gasteiger partial charge >= 0.3 is 18.0 Å². The first-order valence-corrected chi connectivity index (χ1v) is 16.9. The van der Waals surface area contributed by atoms with Gasteiger partial charge in [0, 0.05) is 32.2 Å². The number of H-pyrrole nitrogens is 2. The van der Waals surface area contributed by atoms with Gasteiger partial charge in [0.1, 0.15) is 11.0 Å². The molecule has 0 aliphatic carbocycles. The van der Waals surface area contributed by atoms with Crippen LogP contribution in [0.5, 0.6) is 0 Å². The number of fused-ring (bicyclic) bond motifs is 10. The second-order valence-electron chi connectivity index (χ2n) is 12.6. The molecule has 0 unspecified atom stereocenters. The molecule has 0 saturated carbocycles. The minimum absolute atomic E-state index is 0.0537. The van der Waals surface area contributed by atoms with E-state index in [1.54, 1.807) is 41.8 Å². The van der Waals surface area contributed by atoms with Crippen molar-refractivity contribution in [2.75, 3.05) is 71.5 Å². The average molecular weight is 735 g/mol. The molecule has 2 atom stereocenters. The van der Waals surface area contributed by atoms with E-state index in [-0.39, 0.29) is 23.6 Å². The number of urea groups is 1. The molecular weight excluding hydrogens is 700 g/mol. The van der Waals surface area contributed by atoms with Crippen LogP contribution in [0.15, 0.2) is 49.3 Å². The predicted octanol–water partition coefficient (Wildman–Crippen LogP) is 1.97. The summed E-state index contributed by atoms with van der Waals surface area (Å²) in [5.74, 6) is 0.683. The minimum atomic E-state index is -0.552. The number of anilines is 6. The van der Waals surface area contributed by atoms with Crippen LogP contribution in [0.25, 0.3) is 22.3 Å². The Bertz CT molecular complexity index is 2380. The van der Waals surface area contributed by atoms with Crippen molar-refractivity contribution in [1.29, 1.82) is 0 Å². The Kier molecular flexibility index (Phi) is 8.85. The van der Waals surface area contributed by atoms with Gasteiger partial charge in [0.05, 0.1) is 56.7 Å². The van der Waals surface area contributed by atoms with E-state index in [9.17, 15) is 14.4 Å². The number of rotatable bonds is 3. The third kappa shape index (κ3) is 6.52. The van der Waals surface area contributed by atoms with Crippen molar-refractivity contribution >= 4 is 75.2 Å². The molecule has 0 radical (unpaired) electrons. The normalized spacial score (nSPS) is 17.3. The number of ether oxygens (including phenoxy) is 2. The number of esters is 2. The maximum atomic E-state index is 13.1. The summed E-state index contributed by atoms with van der Waals surface area (Å²) in [4.78, 5) is 80.8. The first-order chi connectivity index (χ1) is 26.3. The number of methoxy groups -OCH3 is 2. The molecule has 21 nitrogen and oxygen atoms in total. The molecule has 6 aromatic heterocycles. The third-order valence-corrected chi connectivity index (χ3v) is 9.29. The number of carbonyl (C=O) groups excluding carboxylic acids is 3. The summed E-state index contributed by atoms with van der Waals surface area (Å²) in [6.07, 6.45) is 8.15. The Balaban J connectivity index is 0.000000132. The highest BCUT2D eigenvalue weighted by molar-refractivity contribution is 6.04. The number of carbonyl (C=O) groups is 3. The molecule has 4 bridgehead atoms. The standard InChI is InChI=1S/C17H16N8O3.C11H13N3O2.C5H5N5/c1-28-15(26)10-2-3-12-14(21-10)25(9-4-5-24(12)7-9)17(27)23-16-18-6-11-13(22-16)20-8-19-11;1-16-11(15)8-2-3-9-10(13-8)12-7-4-5-14(9)6-7;6-5-7-1-3-4(10-5)9-2-8-3/h2-3,6,8-9H,4-5,7H2,1H3,(H2,18,19,20,22,23,27);2-3,7H,4-6H2,1H3,(H,12,13);1-2H,(H3,6,7,8,9,10)/t9-;7-;/m00./s1. The lowest BCUT2D eigenvalue weighted by Gasteiger charge is -2.35.